The number of nitrogens with zero attached hydrogens (tertiary/aromatic N) is 2. The van der Waals surface area contributed by atoms with Crippen molar-refractivity contribution in [2.45, 2.75) is 37.7 Å². The van der Waals surface area contributed by atoms with Gasteiger partial charge in [-0.25, -0.2) is 4.79 Å². The van der Waals surface area contributed by atoms with E-state index >= 15 is 0 Å². The Bertz CT molecular complexity index is 737. The van der Waals surface area contributed by atoms with E-state index in [2.05, 4.69) is 16.9 Å². The van der Waals surface area contributed by atoms with Crippen LogP contribution >= 0.6 is 0 Å². The highest BCUT2D eigenvalue weighted by molar-refractivity contribution is 6.40. The maximum atomic E-state index is 12.5. The van der Waals surface area contributed by atoms with E-state index in [0.29, 0.717) is 5.56 Å². The Morgan fingerprint density at radius 1 is 0.958 bits per heavy atom. The third-order valence-electron chi connectivity index (χ3n) is 4.53. The van der Waals surface area contributed by atoms with Crippen LogP contribution in [0.3, 0.4) is 0 Å². The Hall–Kier alpha value is -2.71. The van der Waals surface area contributed by atoms with Gasteiger partial charge in [0.25, 0.3) is 0 Å². The van der Waals surface area contributed by atoms with Gasteiger partial charge in [0.2, 0.25) is 0 Å². The summed E-state index contributed by atoms with van der Waals surface area (Å²) in [5, 5.41) is 0. The van der Waals surface area contributed by atoms with E-state index in [9.17, 15) is 10.3 Å². The van der Waals surface area contributed by atoms with E-state index in [1.165, 1.54) is 5.56 Å². The Kier molecular flexibility index (Phi) is 5.19. The molecule has 0 bridgehead atoms. The van der Waals surface area contributed by atoms with Gasteiger partial charge in [0.1, 0.15) is 6.10 Å². The van der Waals surface area contributed by atoms with Crippen molar-refractivity contribution in [1.82, 2.24) is 0 Å². The fraction of sp³-hybridized carbons (Fsp3) is 0.300. The molecule has 3 rings (SSSR count). The molecule has 0 unspecified atom stereocenters. The molecule has 1 saturated carbocycles. The average Bonchev–Trinajstić information content (AvgIpc) is 2.64. The topological polar surface area (TPSA) is 62.7 Å². The van der Waals surface area contributed by atoms with Crippen LogP contribution < -0.4 is 0 Å². The molecule has 0 aliphatic heterocycles. The lowest BCUT2D eigenvalue weighted by molar-refractivity contribution is -0.147. The van der Waals surface area contributed by atoms with Crippen molar-refractivity contribution in [2.24, 2.45) is 0 Å². The van der Waals surface area contributed by atoms with Crippen molar-refractivity contribution in [3.63, 3.8) is 0 Å². The first-order valence-electron chi connectivity index (χ1n) is 8.33. The molecule has 0 radical (unpaired) electrons. The van der Waals surface area contributed by atoms with Crippen LogP contribution in [0.2, 0.25) is 0 Å². The van der Waals surface area contributed by atoms with Crippen LogP contribution in [-0.4, -0.2) is 22.6 Å². The highest BCUT2D eigenvalue weighted by atomic mass is 16.5. The lowest BCUT2D eigenvalue weighted by Crippen LogP contribution is -2.32. The minimum atomic E-state index is -0.573. The van der Waals surface area contributed by atoms with Crippen molar-refractivity contribution < 1.29 is 14.3 Å². The summed E-state index contributed by atoms with van der Waals surface area (Å²) in [5.74, 6) is -0.379. The second-order valence-corrected chi connectivity index (χ2v) is 6.06. The minimum absolute atomic E-state index is 0.0482. The lowest BCUT2D eigenvalue weighted by Gasteiger charge is -2.31. The molecule has 1 fully saturated rings. The molecule has 4 nitrogen and oxygen atoms in total. The maximum Gasteiger partial charge on any atom is 0.422 e. The van der Waals surface area contributed by atoms with Gasteiger partial charge in [0.15, 0.2) is 0 Å². The molecule has 122 valence electrons. The van der Waals surface area contributed by atoms with Crippen molar-refractivity contribution in [2.75, 3.05) is 0 Å². The van der Waals surface area contributed by atoms with Crippen molar-refractivity contribution in [3.05, 3.63) is 77.3 Å². The summed E-state index contributed by atoms with van der Waals surface area (Å²) in [5.41, 5.74) is 10.9. The zero-order valence-corrected chi connectivity index (χ0v) is 13.5. The van der Waals surface area contributed by atoms with Gasteiger partial charge in [-0.2, -0.15) is 4.79 Å². The number of carbonyl (C=O) groups excluding carboxylic acids is 1. The molecule has 1 aliphatic carbocycles. The maximum absolute atomic E-state index is 12.5. The first kappa shape index (κ1) is 16.2. The normalized spacial score (nSPS) is 20.0. The van der Waals surface area contributed by atoms with Gasteiger partial charge in [0.05, 0.1) is 5.56 Å². The van der Waals surface area contributed by atoms with Crippen LogP contribution in [0.1, 0.15) is 42.7 Å². The summed E-state index contributed by atoms with van der Waals surface area (Å²) >= 11 is 0. The largest absolute Gasteiger partial charge is 0.453 e. The van der Waals surface area contributed by atoms with E-state index in [4.69, 9.17) is 4.74 Å². The molecule has 0 heterocycles. The molecule has 4 heteroatoms. The number of rotatable bonds is 4. The van der Waals surface area contributed by atoms with E-state index in [0.717, 1.165) is 25.7 Å². The number of hydrogen-bond acceptors (Lipinski definition) is 2. The third kappa shape index (κ3) is 3.61. The van der Waals surface area contributed by atoms with Gasteiger partial charge in [-0.3, -0.25) is 0 Å². The smallest absolute Gasteiger partial charge is 0.422 e. The number of esters is 1. The van der Waals surface area contributed by atoms with Crippen LogP contribution in [-0.2, 0) is 9.53 Å². The van der Waals surface area contributed by atoms with Crippen LogP contribution in [0.15, 0.2) is 60.7 Å². The first-order valence-corrected chi connectivity index (χ1v) is 8.33. The van der Waals surface area contributed by atoms with Gasteiger partial charge in [-0.15, -0.1) is 0 Å². The van der Waals surface area contributed by atoms with Crippen LogP contribution in [0.25, 0.3) is 5.53 Å². The molecule has 0 saturated heterocycles. The summed E-state index contributed by atoms with van der Waals surface area (Å²) in [6.07, 6.45) is 3.82. The Labute approximate surface area is 141 Å². The second kappa shape index (κ2) is 7.71. The highest BCUT2D eigenvalue weighted by Gasteiger charge is 2.33. The third-order valence-corrected chi connectivity index (χ3v) is 4.53. The molecule has 0 amide bonds. The molecular weight excluding hydrogens is 300 g/mol. The quantitative estimate of drug-likeness (QED) is 0.370. The van der Waals surface area contributed by atoms with E-state index in [1.54, 1.807) is 24.3 Å². The second-order valence-electron chi connectivity index (χ2n) is 6.06. The molecule has 2 aromatic carbocycles. The lowest BCUT2D eigenvalue weighted by atomic mass is 9.81. The zero-order valence-electron chi connectivity index (χ0n) is 13.5. The molecule has 2 atom stereocenters. The van der Waals surface area contributed by atoms with Crippen molar-refractivity contribution >= 4 is 11.7 Å². The Morgan fingerprint density at radius 2 is 1.58 bits per heavy atom. The fourth-order valence-electron chi connectivity index (χ4n) is 3.33. The Morgan fingerprint density at radius 3 is 2.25 bits per heavy atom. The molecule has 0 N–H and O–H groups in total. The average molecular weight is 320 g/mol. The zero-order chi connectivity index (χ0) is 16.8. The number of hydrogen-bond donors (Lipinski definition) is 0. The summed E-state index contributed by atoms with van der Waals surface area (Å²) < 4.78 is 5.74. The van der Waals surface area contributed by atoms with Gasteiger partial charge >= 0.3 is 11.7 Å². The predicted molar refractivity (Wildman–Crippen MR) is 91.7 cm³/mol. The van der Waals surface area contributed by atoms with Crippen LogP contribution in [0.5, 0.6) is 0 Å². The van der Waals surface area contributed by atoms with Gasteiger partial charge in [-0.1, -0.05) is 55.0 Å². The highest BCUT2D eigenvalue weighted by Crippen LogP contribution is 2.35. The van der Waals surface area contributed by atoms with Gasteiger partial charge in [-0.05, 0) is 37.0 Å². The minimum Gasteiger partial charge on any atom is -0.453 e. The SMILES string of the molecule is [N-]=[N+]=C(C(=O)O[C@H]1CCCC[C@@H]1c1ccccc1)c1ccccc1. The van der Waals surface area contributed by atoms with Crippen molar-refractivity contribution in [1.29, 1.82) is 0 Å². The standard InChI is InChI=1S/C20H20N2O2/c21-22-19(16-11-5-2-6-12-16)20(23)24-18-14-8-7-13-17(18)15-9-3-1-4-10-15/h1-6,9-12,17-18H,7-8,13-14H2/t17-,18+/m1/s1. The molecule has 0 aromatic heterocycles. The number of ether oxygens (including phenoxy) is 1. The fourth-order valence-corrected chi connectivity index (χ4v) is 3.33. The van der Waals surface area contributed by atoms with Crippen LogP contribution in [0.4, 0.5) is 0 Å². The van der Waals surface area contributed by atoms with Crippen LogP contribution in [0, 0.1) is 0 Å². The number of carbonyl (C=O) groups is 1. The monoisotopic (exact) mass is 320 g/mol. The predicted octanol–water partition coefficient (Wildman–Crippen LogP) is 3.98. The molecular formula is C20H20N2O2. The first-order chi connectivity index (χ1) is 11.8. The summed E-state index contributed by atoms with van der Waals surface area (Å²) in [6.45, 7) is 0. The van der Waals surface area contributed by atoms with E-state index in [-0.39, 0.29) is 17.7 Å². The summed E-state index contributed by atoms with van der Waals surface area (Å²) in [4.78, 5) is 15.7. The van der Waals surface area contributed by atoms with Gasteiger partial charge < -0.3 is 10.3 Å². The molecule has 0 spiro atoms. The molecule has 1 aliphatic rings. The van der Waals surface area contributed by atoms with Gasteiger partial charge in [0, 0.05) is 5.92 Å². The summed E-state index contributed by atoms with van der Waals surface area (Å²) in [7, 11) is 0. The molecule has 2 aromatic rings. The van der Waals surface area contributed by atoms with E-state index in [1.807, 2.05) is 24.3 Å². The number of benzene rings is 2. The summed E-state index contributed by atoms with van der Waals surface area (Å²) in [6, 6.07) is 19.0. The van der Waals surface area contributed by atoms with E-state index < -0.39 is 5.97 Å². The Balaban J connectivity index is 1.78. The molecule has 24 heavy (non-hydrogen) atoms. The van der Waals surface area contributed by atoms with Crippen molar-refractivity contribution in [3.8, 4) is 0 Å².